The minimum Gasteiger partial charge on any atom is -0.253 e. The maximum absolute atomic E-state index is 13.4. The van der Waals surface area contributed by atoms with Gasteiger partial charge in [-0.05, 0) is 47.8 Å². The first-order valence-electron chi connectivity index (χ1n) is 9.15. The van der Waals surface area contributed by atoms with Crippen molar-refractivity contribution in [2.75, 3.05) is 0 Å². The minimum atomic E-state index is -4.01. The normalized spacial score (nSPS) is 16.8. The summed E-state index contributed by atoms with van der Waals surface area (Å²) in [6.07, 6.45) is 1.96. The van der Waals surface area contributed by atoms with Crippen LogP contribution >= 0.6 is 11.3 Å². The Balaban J connectivity index is 1.62. The third-order valence-electron chi connectivity index (χ3n) is 4.84. The molecule has 0 spiro atoms. The molecular formula is C21H15FN4O2S2. The number of nitrogens with zero attached hydrogens (tertiary/aromatic N) is 4. The SMILES string of the molecule is O=S(=O)(c1ccc(F)cc1)N1N=C(c2cccs2)C[C@H]1c1cnc2ccccc2n1. The lowest BCUT2D eigenvalue weighted by Gasteiger charge is -2.22. The zero-order valence-corrected chi connectivity index (χ0v) is 17.1. The van der Waals surface area contributed by atoms with E-state index in [1.165, 1.54) is 23.5 Å². The van der Waals surface area contributed by atoms with E-state index in [0.29, 0.717) is 23.3 Å². The summed E-state index contributed by atoms with van der Waals surface area (Å²) in [7, 11) is -4.01. The van der Waals surface area contributed by atoms with Crippen molar-refractivity contribution in [2.24, 2.45) is 5.10 Å². The molecule has 0 aliphatic carbocycles. The van der Waals surface area contributed by atoms with Crippen LogP contribution in [-0.2, 0) is 10.0 Å². The summed E-state index contributed by atoms with van der Waals surface area (Å²) in [5.74, 6) is -0.505. The lowest BCUT2D eigenvalue weighted by Crippen LogP contribution is -2.28. The number of para-hydroxylation sites is 2. The van der Waals surface area contributed by atoms with Crippen LogP contribution in [0.1, 0.15) is 23.0 Å². The van der Waals surface area contributed by atoms with Crippen LogP contribution in [-0.4, -0.2) is 28.5 Å². The van der Waals surface area contributed by atoms with Gasteiger partial charge in [0.1, 0.15) is 11.9 Å². The van der Waals surface area contributed by atoms with Crippen molar-refractivity contribution < 1.29 is 12.8 Å². The highest BCUT2D eigenvalue weighted by Gasteiger charge is 2.39. The molecular weight excluding hydrogens is 423 g/mol. The van der Waals surface area contributed by atoms with Gasteiger partial charge in [0.15, 0.2) is 0 Å². The summed E-state index contributed by atoms with van der Waals surface area (Å²) < 4.78 is 41.1. The summed E-state index contributed by atoms with van der Waals surface area (Å²) in [5, 5.41) is 6.37. The molecule has 0 amide bonds. The average molecular weight is 439 g/mol. The Labute approximate surface area is 176 Å². The van der Waals surface area contributed by atoms with Crippen molar-refractivity contribution in [3.05, 3.63) is 88.6 Å². The third-order valence-corrected chi connectivity index (χ3v) is 7.46. The summed E-state index contributed by atoms with van der Waals surface area (Å²) >= 11 is 1.49. The molecule has 6 nitrogen and oxygen atoms in total. The summed E-state index contributed by atoms with van der Waals surface area (Å²) in [4.78, 5) is 9.94. The quantitative estimate of drug-likeness (QED) is 0.474. The monoisotopic (exact) mass is 438 g/mol. The topological polar surface area (TPSA) is 75.5 Å². The Hall–Kier alpha value is -3.17. The Bertz CT molecular complexity index is 1350. The van der Waals surface area contributed by atoms with Crippen molar-refractivity contribution in [3.63, 3.8) is 0 Å². The van der Waals surface area contributed by atoms with E-state index in [2.05, 4.69) is 15.1 Å². The molecule has 0 radical (unpaired) electrons. The van der Waals surface area contributed by atoms with E-state index in [-0.39, 0.29) is 4.90 Å². The molecule has 1 atom stereocenters. The maximum atomic E-state index is 13.4. The molecule has 0 fully saturated rings. The molecule has 0 bridgehead atoms. The molecule has 4 aromatic rings. The van der Waals surface area contributed by atoms with Crippen LogP contribution in [0.2, 0.25) is 0 Å². The maximum Gasteiger partial charge on any atom is 0.279 e. The molecule has 0 unspecified atom stereocenters. The molecule has 5 rings (SSSR count). The first kappa shape index (κ1) is 18.8. The molecule has 1 aliphatic rings. The van der Waals surface area contributed by atoms with E-state index >= 15 is 0 Å². The number of hydrogen-bond donors (Lipinski definition) is 0. The van der Waals surface area contributed by atoms with E-state index in [1.807, 2.05) is 41.8 Å². The molecule has 2 aromatic heterocycles. The fourth-order valence-electron chi connectivity index (χ4n) is 3.37. The predicted octanol–water partition coefficient (Wildman–Crippen LogP) is 4.37. The second-order valence-electron chi connectivity index (χ2n) is 6.76. The second kappa shape index (κ2) is 7.26. The van der Waals surface area contributed by atoms with Gasteiger partial charge in [0.2, 0.25) is 0 Å². The van der Waals surface area contributed by atoms with Crippen LogP contribution in [0.5, 0.6) is 0 Å². The van der Waals surface area contributed by atoms with Crippen LogP contribution in [0, 0.1) is 5.82 Å². The number of fused-ring (bicyclic) bond motifs is 1. The first-order chi connectivity index (χ1) is 14.5. The zero-order chi connectivity index (χ0) is 20.7. The van der Waals surface area contributed by atoms with Gasteiger partial charge in [-0.2, -0.15) is 17.9 Å². The average Bonchev–Trinajstić information content (AvgIpc) is 3.44. The number of hydrazone groups is 1. The molecule has 3 heterocycles. The lowest BCUT2D eigenvalue weighted by atomic mass is 10.1. The van der Waals surface area contributed by atoms with Crippen molar-refractivity contribution in [2.45, 2.75) is 17.4 Å². The van der Waals surface area contributed by atoms with Gasteiger partial charge in [-0.15, -0.1) is 11.3 Å². The summed E-state index contributed by atoms with van der Waals surface area (Å²) in [5.41, 5.74) is 2.58. The Morgan fingerprint density at radius 3 is 2.50 bits per heavy atom. The van der Waals surface area contributed by atoms with Crippen LogP contribution in [0.3, 0.4) is 0 Å². The van der Waals surface area contributed by atoms with Gasteiger partial charge in [-0.3, -0.25) is 4.98 Å². The number of thiophene rings is 1. The van der Waals surface area contributed by atoms with Crippen LogP contribution < -0.4 is 0 Å². The van der Waals surface area contributed by atoms with E-state index in [1.54, 1.807) is 6.20 Å². The summed E-state index contributed by atoms with van der Waals surface area (Å²) in [6, 6.07) is 15.3. The molecule has 150 valence electrons. The lowest BCUT2D eigenvalue weighted by molar-refractivity contribution is 0.365. The van der Waals surface area contributed by atoms with E-state index in [0.717, 1.165) is 26.9 Å². The highest BCUT2D eigenvalue weighted by Crippen LogP contribution is 2.37. The molecule has 1 aliphatic heterocycles. The third kappa shape index (κ3) is 3.25. The van der Waals surface area contributed by atoms with Gasteiger partial charge >= 0.3 is 0 Å². The minimum absolute atomic E-state index is 0.0289. The van der Waals surface area contributed by atoms with Gasteiger partial charge in [-0.25, -0.2) is 9.37 Å². The smallest absolute Gasteiger partial charge is 0.253 e. The molecule has 9 heteroatoms. The van der Waals surface area contributed by atoms with Gasteiger partial charge in [0, 0.05) is 6.42 Å². The van der Waals surface area contributed by atoms with Crippen LogP contribution in [0.4, 0.5) is 4.39 Å². The van der Waals surface area contributed by atoms with E-state index in [4.69, 9.17) is 0 Å². The molecule has 0 saturated carbocycles. The predicted molar refractivity (Wildman–Crippen MR) is 113 cm³/mol. The number of aromatic nitrogens is 2. The summed E-state index contributed by atoms with van der Waals surface area (Å²) in [6.45, 7) is 0. The highest BCUT2D eigenvalue weighted by atomic mass is 32.2. The Kier molecular flexibility index (Phi) is 4.56. The number of halogens is 1. The van der Waals surface area contributed by atoms with Crippen molar-refractivity contribution >= 4 is 38.1 Å². The number of hydrogen-bond acceptors (Lipinski definition) is 6. The van der Waals surface area contributed by atoms with Gasteiger partial charge in [0.05, 0.1) is 38.4 Å². The highest BCUT2D eigenvalue weighted by molar-refractivity contribution is 7.89. The fraction of sp³-hybridized carbons (Fsp3) is 0.0952. The van der Waals surface area contributed by atoms with Crippen molar-refractivity contribution in [1.29, 1.82) is 0 Å². The Morgan fingerprint density at radius 1 is 1.00 bits per heavy atom. The zero-order valence-electron chi connectivity index (χ0n) is 15.5. The van der Waals surface area contributed by atoms with Gasteiger partial charge in [-0.1, -0.05) is 18.2 Å². The number of rotatable bonds is 4. The Morgan fingerprint density at radius 2 is 1.77 bits per heavy atom. The molecule has 2 aromatic carbocycles. The largest absolute Gasteiger partial charge is 0.279 e. The van der Waals surface area contributed by atoms with Gasteiger partial charge < -0.3 is 0 Å². The number of benzene rings is 2. The molecule has 0 N–H and O–H groups in total. The number of sulfonamides is 1. The van der Waals surface area contributed by atoms with E-state index in [9.17, 15) is 12.8 Å². The van der Waals surface area contributed by atoms with Crippen molar-refractivity contribution in [3.8, 4) is 0 Å². The van der Waals surface area contributed by atoms with Crippen LogP contribution in [0.15, 0.2) is 82.2 Å². The van der Waals surface area contributed by atoms with Crippen LogP contribution in [0.25, 0.3) is 11.0 Å². The van der Waals surface area contributed by atoms with Gasteiger partial charge in [0.25, 0.3) is 10.0 Å². The second-order valence-corrected chi connectivity index (χ2v) is 9.50. The van der Waals surface area contributed by atoms with Crippen molar-refractivity contribution in [1.82, 2.24) is 14.4 Å². The first-order valence-corrected chi connectivity index (χ1v) is 11.5. The molecule has 30 heavy (non-hydrogen) atoms. The van der Waals surface area contributed by atoms with E-state index < -0.39 is 21.9 Å². The molecule has 0 saturated heterocycles. The standard InChI is InChI=1S/C21H15FN4O2S2/c22-14-7-9-15(10-8-14)30(27,28)26-20(12-18(25-26)21-6-3-11-29-21)19-13-23-16-4-1-2-5-17(16)24-19/h1-11,13,20H,12H2/t20-/m0/s1. The fourth-order valence-corrected chi connectivity index (χ4v) is 5.51.